The third-order valence-electron chi connectivity index (χ3n) is 3.02. The van der Waals surface area contributed by atoms with Crippen LogP contribution in [-0.4, -0.2) is 22.9 Å². The Bertz CT molecular complexity index is 622. The minimum atomic E-state index is -0.143. The van der Waals surface area contributed by atoms with Crippen molar-refractivity contribution in [2.75, 3.05) is 6.61 Å². The second-order valence-electron chi connectivity index (χ2n) is 4.60. The first-order valence-electron chi connectivity index (χ1n) is 6.09. The summed E-state index contributed by atoms with van der Waals surface area (Å²) in [7, 11) is 0. The second-order valence-corrected chi connectivity index (χ2v) is 4.60. The molecule has 1 aliphatic rings. The number of hydrogen-bond donors (Lipinski definition) is 2. The van der Waals surface area contributed by atoms with Gasteiger partial charge in [0.05, 0.1) is 0 Å². The summed E-state index contributed by atoms with van der Waals surface area (Å²) in [6.07, 6.45) is -0.143. The Labute approximate surface area is 110 Å². The lowest BCUT2D eigenvalue weighted by Crippen LogP contribution is -2.23. The van der Waals surface area contributed by atoms with Crippen LogP contribution >= 0.6 is 0 Å². The predicted octanol–water partition coefficient (Wildman–Crippen LogP) is 2.92. The first-order chi connectivity index (χ1) is 9.13. The van der Waals surface area contributed by atoms with Crippen LogP contribution in [0.15, 0.2) is 36.4 Å². The zero-order valence-corrected chi connectivity index (χ0v) is 10.5. The molecule has 0 saturated heterocycles. The van der Waals surface area contributed by atoms with Gasteiger partial charge >= 0.3 is 0 Å². The van der Waals surface area contributed by atoms with E-state index in [1.54, 1.807) is 36.4 Å². The van der Waals surface area contributed by atoms with Gasteiger partial charge in [0, 0.05) is 23.3 Å². The van der Waals surface area contributed by atoms with Crippen molar-refractivity contribution >= 4 is 0 Å². The average molecular weight is 258 g/mol. The van der Waals surface area contributed by atoms with Crippen LogP contribution in [-0.2, 0) is 0 Å². The number of phenols is 2. The molecule has 0 fully saturated rings. The fourth-order valence-corrected chi connectivity index (χ4v) is 2.14. The summed E-state index contributed by atoms with van der Waals surface area (Å²) in [4.78, 5) is 0. The van der Waals surface area contributed by atoms with Crippen molar-refractivity contribution in [3.63, 3.8) is 0 Å². The molecule has 4 heteroatoms. The van der Waals surface area contributed by atoms with E-state index in [4.69, 9.17) is 9.47 Å². The topological polar surface area (TPSA) is 58.9 Å². The zero-order chi connectivity index (χ0) is 13.4. The molecule has 0 bridgehead atoms. The van der Waals surface area contributed by atoms with Crippen LogP contribution in [0.2, 0.25) is 0 Å². The van der Waals surface area contributed by atoms with Crippen molar-refractivity contribution in [1.82, 2.24) is 0 Å². The molecule has 4 nitrogen and oxygen atoms in total. The summed E-state index contributed by atoms with van der Waals surface area (Å²) in [5.41, 5.74) is 1.67. The van der Waals surface area contributed by atoms with E-state index in [2.05, 4.69) is 0 Å². The SMILES string of the molecule is C[C@H]1COc2cc(O)ccc2-c2ccc(O)cc2O1. The maximum atomic E-state index is 9.58. The molecule has 2 N–H and O–H groups in total. The van der Waals surface area contributed by atoms with Crippen LogP contribution in [0.3, 0.4) is 0 Å². The molecule has 19 heavy (non-hydrogen) atoms. The molecule has 2 aromatic rings. The Morgan fingerprint density at radius 3 is 2.21 bits per heavy atom. The largest absolute Gasteiger partial charge is 0.508 e. The molecule has 0 spiro atoms. The van der Waals surface area contributed by atoms with Gasteiger partial charge in [-0.2, -0.15) is 0 Å². The number of hydrogen-bond acceptors (Lipinski definition) is 4. The highest BCUT2D eigenvalue weighted by Gasteiger charge is 2.19. The number of rotatable bonds is 0. The van der Waals surface area contributed by atoms with Gasteiger partial charge in [-0.1, -0.05) is 0 Å². The summed E-state index contributed by atoms with van der Waals surface area (Å²) >= 11 is 0. The molecule has 98 valence electrons. The molecule has 0 aromatic heterocycles. The molecule has 1 heterocycles. The highest BCUT2D eigenvalue weighted by atomic mass is 16.5. The highest BCUT2D eigenvalue weighted by molar-refractivity contribution is 5.77. The molecule has 1 atom stereocenters. The van der Waals surface area contributed by atoms with Crippen molar-refractivity contribution in [1.29, 1.82) is 0 Å². The van der Waals surface area contributed by atoms with Gasteiger partial charge in [0.1, 0.15) is 35.7 Å². The first kappa shape index (κ1) is 11.7. The number of aromatic hydroxyl groups is 2. The lowest BCUT2D eigenvalue weighted by Gasteiger charge is -2.23. The fourth-order valence-electron chi connectivity index (χ4n) is 2.14. The van der Waals surface area contributed by atoms with E-state index in [1.807, 2.05) is 6.92 Å². The highest BCUT2D eigenvalue weighted by Crippen LogP contribution is 2.41. The van der Waals surface area contributed by atoms with Crippen molar-refractivity contribution in [2.45, 2.75) is 13.0 Å². The van der Waals surface area contributed by atoms with Gasteiger partial charge in [0.2, 0.25) is 0 Å². The van der Waals surface area contributed by atoms with Crippen LogP contribution in [0.25, 0.3) is 11.1 Å². The lowest BCUT2D eigenvalue weighted by molar-refractivity contribution is 0.140. The van der Waals surface area contributed by atoms with Crippen LogP contribution < -0.4 is 9.47 Å². The van der Waals surface area contributed by atoms with Gasteiger partial charge in [0.25, 0.3) is 0 Å². The Kier molecular flexibility index (Phi) is 2.71. The number of fused-ring (bicyclic) bond motifs is 3. The van der Waals surface area contributed by atoms with E-state index in [1.165, 1.54) is 0 Å². The quantitative estimate of drug-likeness (QED) is 0.762. The third-order valence-corrected chi connectivity index (χ3v) is 3.02. The van der Waals surface area contributed by atoms with Gasteiger partial charge in [-0.3, -0.25) is 0 Å². The van der Waals surface area contributed by atoms with E-state index in [9.17, 15) is 10.2 Å². The molecule has 0 aliphatic carbocycles. The molecule has 0 saturated carbocycles. The molecule has 0 radical (unpaired) electrons. The van der Waals surface area contributed by atoms with Gasteiger partial charge in [0.15, 0.2) is 0 Å². The van der Waals surface area contributed by atoms with Gasteiger partial charge in [-0.25, -0.2) is 0 Å². The average Bonchev–Trinajstić information content (AvgIpc) is 2.36. The Morgan fingerprint density at radius 1 is 0.947 bits per heavy atom. The Balaban J connectivity index is 2.21. The van der Waals surface area contributed by atoms with Crippen molar-refractivity contribution < 1.29 is 19.7 Å². The maximum Gasteiger partial charge on any atom is 0.131 e. The number of phenolic OH excluding ortho intramolecular Hbond substituents is 2. The Morgan fingerprint density at radius 2 is 1.53 bits per heavy atom. The molecular formula is C15H14O4. The monoisotopic (exact) mass is 258 g/mol. The standard InChI is InChI=1S/C15H14O4/c1-9-8-18-14-6-10(16)2-4-12(14)13-5-3-11(17)7-15(13)19-9/h2-7,9,16-17H,8H2,1H3/t9-/m0/s1. The van der Waals surface area contributed by atoms with Gasteiger partial charge < -0.3 is 19.7 Å². The first-order valence-corrected chi connectivity index (χ1v) is 6.09. The minimum absolute atomic E-state index is 0.143. The zero-order valence-electron chi connectivity index (χ0n) is 10.5. The summed E-state index contributed by atoms with van der Waals surface area (Å²) < 4.78 is 11.4. The van der Waals surface area contributed by atoms with E-state index >= 15 is 0 Å². The van der Waals surface area contributed by atoms with Crippen molar-refractivity contribution in [3.05, 3.63) is 36.4 Å². The number of ether oxygens (including phenoxy) is 2. The Hall–Kier alpha value is -2.36. The van der Waals surface area contributed by atoms with Crippen molar-refractivity contribution in [2.24, 2.45) is 0 Å². The predicted molar refractivity (Wildman–Crippen MR) is 70.8 cm³/mol. The third kappa shape index (κ3) is 2.17. The van der Waals surface area contributed by atoms with Crippen LogP contribution in [0, 0.1) is 0 Å². The minimum Gasteiger partial charge on any atom is -0.508 e. The normalized spacial score (nSPS) is 17.2. The van der Waals surface area contributed by atoms with Gasteiger partial charge in [-0.15, -0.1) is 0 Å². The fraction of sp³-hybridized carbons (Fsp3) is 0.200. The van der Waals surface area contributed by atoms with E-state index in [0.717, 1.165) is 11.1 Å². The van der Waals surface area contributed by atoms with Crippen LogP contribution in [0.5, 0.6) is 23.0 Å². The van der Waals surface area contributed by atoms with Crippen LogP contribution in [0.1, 0.15) is 6.92 Å². The van der Waals surface area contributed by atoms with E-state index in [0.29, 0.717) is 18.1 Å². The molecule has 1 aliphatic heterocycles. The molecular weight excluding hydrogens is 244 g/mol. The van der Waals surface area contributed by atoms with E-state index < -0.39 is 0 Å². The van der Waals surface area contributed by atoms with Crippen molar-refractivity contribution in [3.8, 4) is 34.1 Å². The smallest absolute Gasteiger partial charge is 0.131 e. The molecule has 0 unspecified atom stereocenters. The lowest BCUT2D eigenvalue weighted by atomic mass is 10.0. The van der Waals surface area contributed by atoms with Crippen LogP contribution in [0.4, 0.5) is 0 Å². The van der Waals surface area contributed by atoms with E-state index in [-0.39, 0.29) is 17.6 Å². The second kappa shape index (κ2) is 4.39. The summed E-state index contributed by atoms with van der Waals surface area (Å²) in [5.74, 6) is 1.55. The van der Waals surface area contributed by atoms with Gasteiger partial charge in [-0.05, 0) is 31.2 Å². The summed E-state index contributed by atoms with van der Waals surface area (Å²) in [6, 6.07) is 9.94. The summed E-state index contributed by atoms with van der Waals surface area (Å²) in [6.45, 7) is 2.27. The maximum absolute atomic E-state index is 9.58. The number of benzene rings is 2. The summed E-state index contributed by atoms with van der Waals surface area (Å²) in [5, 5.41) is 19.1. The molecule has 0 amide bonds. The molecule has 2 aromatic carbocycles. The molecule has 3 rings (SSSR count).